The zero-order valence-electron chi connectivity index (χ0n) is 13.4. The summed E-state index contributed by atoms with van der Waals surface area (Å²) in [7, 11) is 0. The molecule has 5 heteroatoms. The van der Waals surface area contributed by atoms with Crippen molar-refractivity contribution in [1.82, 2.24) is 20.2 Å². The van der Waals surface area contributed by atoms with Crippen molar-refractivity contribution in [3.05, 3.63) is 30.6 Å². The van der Waals surface area contributed by atoms with Crippen LogP contribution in [0.25, 0.3) is 10.9 Å². The van der Waals surface area contributed by atoms with Crippen molar-refractivity contribution in [2.24, 2.45) is 0 Å². The van der Waals surface area contributed by atoms with Crippen LogP contribution >= 0.6 is 0 Å². The number of fused-ring (bicyclic) bond motifs is 1. The number of hydrogen-bond donors (Lipinski definition) is 1. The average molecular weight is 312 g/mol. The molecule has 4 rings (SSSR count). The second-order valence-electron chi connectivity index (χ2n) is 6.53. The minimum absolute atomic E-state index is 0.285. The summed E-state index contributed by atoms with van der Waals surface area (Å²) in [5.74, 6) is 0.737. The topological polar surface area (TPSA) is 50.3 Å². The van der Waals surface area contributed by atoms with E-state index in [-0.39, 0.29) is 6.10 Å². The maximum atomic E-state index is 6.22. The number of nitrogens with one attached hydrogen (secondary N) is 1. The highest BCUT2D eigenvalue weighted by atomic mass is 16.5. The average Bonchev–Trinajstić information content (AvgIpc) is 2.63. The van der Waals surface area contributed by atoms with E-state index in [1.807, 2.05) is 24.3 Å². The van der Waals surface area contributed by atoms with Crippen LogP contribution in [0, 0.1) is 0 Å². The van der Waals surface area contributed by atoms with Crippen molar-refractivity contribution < 1.29 is 4.74 Å². The zero-order chi connectivity index (χ0) is 15.5. The fraction of sp³-hybridized carbons (Fsp3) is 0.556. The van der Waals surface area contributed by atoms with Crippen molar-refractivity contribution in [3.63, 3.8) is 0 Å². The number of benzene rings is 1. The SMILES string of the molecule is c1ccc2c(OC3CCC(N4CCNCC4)CC3)ncnc2c1. The van der Waals surface area contributed by atoms with Crippen LogP contribution in [-0.2, 0) is 0 Å². The quantitative estimate of drug-likeness (QED) is 0.942. The molecule has 0 atom stereocenters. The third kappa shape index (κ3) is 3.31. The Bertz CT molecular complexity index is 643. The first kappa shape index (κ1) is 14.8. The summed E-state index contributed by atoms with van der Waals surface area (Å²) in [6.45, 7) is 4.63. The van der Waals surface area contributed by atoms with Gasteiger partial charge in [0.25, 0.3) is 0 Å². The molecule has 0 spiro atoms. The van der Waals surface area contributed by atoms with Crippen LogP contribution < -0.4 is 10.1 Å². The molecular formula is C18H24N4O. The van der Waals surface area contributed by atoms with E-state index < -0.39 is 0 Å². The molecule has 1 aromatic carbocycles. The highest BCUT2D eigenvalue weighted by Crippen LogP contribution is 2.28. The Morgan fingerprint density at radius 3 is 2.61 bits per heavy atom. The van der Waals surface area contributed by atoms with Crippen molar-refractivity contribution in [2.45, 2.75) is 37.8 Å². The number of ether oxygens (including phenoxy) is 1. The highest BCUT2D eigenvalue weighted by Gasteiger charge is 2.27. The van der Waals surface area contributed by atoms with Crippen LogP contribution in [0.5, 0.6) is 5.88 Å². The summed E-state index contributed by atoms with van der Waals surface area (Å²) in [6, 6.07) is 8.79. The summed E-state index contributed by atoms with van der Waals surface area (Å²) < 4.78 is 6.22. The van der Waals surface area contributed by atoms with E-state index in [0.717, 1.165) is 48.8 Å². The lowest BCUT2D eigenvalue weighted by Crippen LogP contribution is -2.50. The van der Waals surface area contributed by atoms with Crippen LogP contribution in [0.2, 0.25) is 0 Å². The lowest BCUT2D eigenvalue weighted by Gasteiger charge is -2.38. The molecule has 5 nitrogen and oxygen atoms in total. The lowest BCUT2D eigenvalue weighted by molar-refractivity contribution is 0.0794. The minimum atomic E-state index is 0.285. The fourth-order valence-corrected chi connectivity index (χ4v) is 3.81. The van der Waals surface area contributed by atoms with Gasteiger partial charge in [-0.25, -0.2) is 9.97 Å². The van der Waals surface area contributed by atoms with Gasteiger partial charge < -0.3 is 10.1 Å². The molecule has 2 aromatic rings. The van der Waals surface area contributed by atoms with Crippen LogP contribution in [0.4, 0.5) is 0 Å². The maximum absolute atomic E-state index is 6.22. The van der Waals surface area contributed by atoms with Gasteiger partial charge in [-0.15, -0.1) is 0 Å². The number of nitrogens with zero attached hydrogens (tertiary/aromatic N) is 3. The second-order valence-corrected chi connectivity index (χ2v) is 6.53. The smallest absolute Gasteiger partial charge is 0.224 e. The normalized spacial score (nSPS) is 26.3. The van der Waals surface area contributed by atoms with E-state index in [2.05, 4.69) is 20.2 Å². The largest absolute Gasteiger partial charge is 0.474 e. The third-order valence-electron chi connectivity index (χ3n) is 5.10. The van der Waals surface area contributed by atoms with Gasteiger partial charge in [-0.3, -0.25) is 4.90 Å². The van der Waals surface area contributed by atoms with Crippen LogP contribution in [-0.4, -0.2) is 53.2 Å². The van der Waals surface area contributed by atoms with Crippen LogP contribution in [0.15, 0.2) is 30.6 Å². The Morgan fingerprint density at radius 1 is 1.00 bits per heavy atom. The van der Waals surface area contributed by atoms with Gasteiger partial charge in [-0.05, 0) is 37.8 Å². The Morgan fingerprint density at radius 2 is 1.78 bits per heavy atom. The predicted octanol–water partition coefficient (Wildman–Crippen LogP) is 2.22. The summed E-state index contributed by atoms with van der Waals surface area (Å²) in [5, 5.41) is 4.44. The van der Waals surface area contributed by atoms with Gasteiger partial charge in [-0.1, -0.05) is 12.1 Å². The van der Waals surface area contributed by atoms with Crippen molar-refractivity contribution in [3.8, 4) is 5.88 Å². The monoisotopic (exact) mass is 312 g/mol. The Balaban J connectivity index is 1.39. The summed E-state index contributed by atoms with van der Waals surface area (Å²) in [5.41, 5.74) is 0.951. The van der Waals surface area contributed by atoms with Gasteiger partial charge in [0.05, 0.1) is 10.9 Å². The molecule has 0 unspecified atom stereocenters. The molecule has 1 N–H and O–H groups in total. The van der Waals surface area contributed by atoms with E-state index in [1.54, 1.807) is 6.33 Å². The lowest BCUT2D eigenvalue weighted by atomic mass is 9.91. The number of para-hydroxylation sites is 1. The van der Waals surface area contributed by atoms with Gasteiger partial charge in [0.2, 0.25) is 5.88 Å². The first-order valence-corrected chi connectivity index (χ1v) is 8.71. The second kappa shape index (κ2) is 6.81. The number of hydrogen-bond acceptors (Lipinski definition) is 5. The van der Waals surface area contributed by atoms with Crippen molar-refractivity contribution >= 4 is 10.9 Å². The Kier molecular flexibility index (Phi) is 4.39. The molecule has 23 heavy (non-hydrogen) atoms. The molecule has 2 fully saturated rings. The molecule has 1 aliphatic heterocycles. The van der Waals surface area contributed by atoms with Crippen LogP contribution in [0.1, 0.15) is 25.7 Å². The van der Waals surface area contributed by atoms with Gasteiger partial charge in [-0.2, -0.15) is 0 Å². The van der Waals surface area contributed by atoms with E-state index in [1.165, 1.54) is 25.9 Å². The van der Waals surface area contributed by atoms with Gasteiger partial charge >= 0.3 is 0 Å². The predicted molar refractivity (Wildman–Crippen MR) is 90.7 cm³/mol. The molecule has 1 aromatic heterocycles. The molecule has 0 bridgehead atoms. The first-order chi connectivity index (χ1) is 11.4. The summed E-state index contributed by atoms with van der Waals surface area (Å²) in [6.07, 6.45) is 6.58. The van der Waals surface area contributed by atoms with E-state index in [0.29, 0.717) is 0 Å². The molecule has 2 heterocycles. The Labute approximate surface area is 137 Å². The fourth-order valence-electron chi connectivity index (χ4n) is 3.81. The molecule has 0 amide bonds. The van der Waals surface area contributed by atoms with Crippen molar-refractivity contribution in [2.75, 3.05) is 26.2 Å². The molecule has 0 radical (unpaired) electrons. The summed E-state index contributed by atoms with van der Waals surface area (Å²) >= 11 is 0. The molecule has 1 saturated carbocycles. The molecule has 1 saturated heterocycles. The zero-order valence-corrected chi connectivity index (χ0v) is 13.4. The Hall–Kier alpha value is -1.72. The number of rotatable bonds is 3. The van der Waals surface area contributed by atoms with E-state index in [4.69, 9.17) is 4.74 Å². The van der Waals surface area contributed by atoms with Gasteiger partial charge in [0, 0.05) is 32.2 Å². The third-order valence-corrected chi connectivity index (χ3v) is 5.10. The van der Waals surface area contributed by atoms with Crippen LogP contribution in [0.3, 0.4) is 0 Å². The molecule has 2 aliphatic rings. The highest BCUT2D eigenvalue weighted by molar-refractivity contribution is 5.82. The van der Waals surface area contributed by atoms with E-state index in [9.17, 15) is 0 Å². The van der Waals surface area contributed by atoms with Crippen molar-refractivity contribution in [1.29, 1.82) is 0 Å². The van der Waals surface area contributed by atoms with Gasteiger partial charge in [0.1, 0.15) is 12.4 Å². The maximum Gasteiger partial charge on any atom is 0.224 e. The number of piperazine rings is 1. The first-order valence-electron chi connectivity index (χ1n) is 8.71. The number of aromatic nitrogens is 2. The molecule has 122 valence electrons. The molecular weight excluding hydrogens is 288 g/mol. The standard InChI is InChI=1S/C18H24N4O/c1-2-4-17-16(3-1)18(21-13-20-17)23-15-7-5-14(6-8-15)22-11-9-19-10-12-22/h1-4,13-15,19H,5-12H2. The van der Waals surface area contributed by atoms with E-state index >= 15 is 0 Å². The molecule has 1 aliphatic carbocycles. The summed E-state index contributed by atoms with van der Waals surface area (Å²) in [4.78, 5) is 11.3. The minimum Gasteiger partial charge on any atom is -0.474 e. The van der Waals surface area contributed by atoms with Gasteiger partial charge in [0.15, 0.2) is 0 Å².